The fraction of sp³-hybridized carbons (Fsp3) is 0.571. The van der Waals surface area contributed by atoms with Gasteiger partial charge in [0, 0.05) is 24.9 Å². The van der Waals surface area contributed by atoms with E-state index in [-0.39, 0.29) is 0 Å². The summed E-state index contributed by atoms with van der Waals surface area (Å²) in [5.74, 6) is -0.0415. The molecule has 0 radical (unpaired) electrons. The highest BCUT2D eigenvalue weighted by atomic mass is 16.4. The maximum atomic E-state index is 10.9. The minimum atomic E-state index is -0.884. The van der Waals surface area contributed by atoms with Gasteiger partial charge < -0.3 is 10.0 Å². The smallest absolute Gasteiger partial charge is 0.335 e. The van der Waals surface area contributed by atoms with Gasteiger partial charge in [-0.05, 0) is 44.0 Å². The van der Waals surface area contributed by atoms with Crippen LogP contribution in [0.15, 0.2) is 18.3 Å². The number of carboxylic acid groups (broad SMARTS) is 1. The highest BCUT2D eigenvalue weighted by Gasteiger charge is 2.15. The number of nitrogens with zero attached hydrogens (tertiary/aromatic N) is 2. The van der Waals surface area contributed by atoms with Crippen LogP contribution in [-0.4, -0.2) is 40.6 Å². The Balaban J connectivity index is 1.86. The first kappa shape index (κ1) is 13.0. The van der Waals surface area contributed by atoms with E-state index in [9.17, 15) is 4.79 Å². The summed E-state index contributed by atoms with van der Waals surface area (Å²) in [7, 11) is 0. The van der Waals surface area contributed by atoms with Crippen molar-refractivity contribution in [1.29, 1.82) is 0 Å². The van der Waals surface area contributed by atoms with E-state index in [2.05, 4.69) is 16.8 Å². The number of pyridine rings is 1. The topological polar surface area (TPSA) is 53.4 Å². The summed E-state index contributed by atoms with van der Waals surface area (Å²) in [4.78, 5) is 17.5. The Morgan fingerprint density at radius 1 is 1.50 bits per heavy atom. The summed E-state index contributed by atoms with van der Waals surface area (Å²) in [5, 5.41) is 8.92. The van der Waals surface area contributed by atoms with Gasteiger partial charge in [0.2, 0.25) is 0 Å². The Morgan fingerprint density at radius 3 is 2.89 bits per heavy atom. The van der Waals surface area contributed by atoms with Crippen molar-refractivity contribution in [2.75, 3.05) is 19.6 Å². The third kappa shape index (κ3) is 3.53. The molecule has 1 fully saturated rings. The van der Waals surface area contributed by atoms with Gasteiger partial charge in [0.15, 0.2) is 0 Å². The van der Waals surface area contributed by atoms with Crippen LogP contribution in [0, 0.1) is 5.92 Å². The molecule has 0 bridgehead atoms. The summed E-state index contributed by atoms with van der Waals surface area (Å²) in [6, 6.07) is 3.21. The van der Waals surface area contributed by atoms with Gasteiger partial charge in [-0.15, -0.1) is 0 Å². The second-order valence-electron chi connectivity index (χ2n) is 5.12. The van der Waals surface area contributed by atoms with E-state index in [0.717, 1.165) is 37.7 Å². The van der Waals surface area contributed by atoms with Gasteiger partial charge in [0.05, 0.1) is 5.56 Å². The molecule has 1 N–H and O–H groups in total. The van der Waals surface area contributed by atoms with Crippen LogP contribution in [0.1, 0.15) is 35.8 Å². The quantitative estimate of drug-likeness (QED) is 0.886. The normalized spacial score (nSPS) is 17.8. The second-order valence-corrected chi connectivity index (χ2v) is 5.12. The van der Waals surface area contributed by atoms with Crippen molar-refractivity contribution in [3.8, 4) is 0 Å². The van der Waals surface area contributed by atoms with Crippen LogP contribution in [0.5, 0.6) is 0 Å². The molecule has 0 amide bonds. The first-order chi connectivity index (χ1) is 8.65. The minimum absolute atomic E-state index is 0.326. The van der Waals surface area contributed by atoms with Gasteiger partial charge in [-0.2, -0.15) is 0 Å². The molecule has 2 heterocycles. The lowest BCUT2D eigenvalue weighted by Gasteiger charge is -2.29. The lowest BCUT2D eigenvalue weighted by molar-refractivity contribution is 0.0696. The highest BCUT2D eigenvalue weighted by Crippen LogP contribution is 2.16. The fourth-order valence-corrected chi connectivity index (χ4v) is 2.31. The van der Waals surface area contributed by atoms with Crippen LogP contribution in [0.2, 0.25) is 0 Å². The van der Waals surface area contributed by atoms with Crippen molar-refractivity contribution in [3.05, 3.63) is 29.6 Å². The predicted octanol–water partition coefficient (Wildman–Crippen LogP) is 2.05. The molecule has 0 aromatic carbocycles. The van der Waals surface area contributed by atoms with Gasteiger partial charge in [-0.25, -0.2) is 4.79 Å². The first-order valence-electron chi connectivity index (χ1n) is 6.55. The number of likely N-dealkylation sites (tertiary alicyclic amines) is 1. The Bertz CT molecular complexity index is 412. The van der Waals surface area contributed by atoms with Crippen LogP contribution >= 0.6 is 0 Å². The van der Waals surface area contributed by atoms with E-state index in [1.165, 1.54) is 18.9 Å². The molecule has 0 atom stereocenters. The SMILES string of the molecule is CC1CCN(CCc2cc(C(=O)O)ccn2)CC1. The molecule has 1 aromatic heterocycles. The third-order valence-electron chi connectivity index (χ3n) is 3.62. The number of hydrogen-bond acceptors (Lipinski definition) is 3. The van der Waals surface area contributed by atoms with Crippen LogP contribution in [0.4, 0.5) is 0 Å². The van der Waals surface area contributed by atoms with E-state index in [1.54, 1.807) is 12.3 Å². The summed E-state index contributed by atoms with van der Waals surface area (Å²) in [5.41, 5.74) is 1.20. The fourth-order valence-electron chi connectivity index (χ4n) is 2.31. The Kier molecular flexibility index (Phi) is 4.31. The molecule has 0 saturated carbocycles. The van der Waals surface area contributed by atoms with Crippen LogP contribution < -0.4 is 0 Å². The molecule has 98 valence electrons. The van der Waals surface area contributed by atoms with Gasteiger partial charge in [-0.3, -0.25) is 4.98 Å². The molecule has 4 nitrogen and oxygen atoms in total. The molecule has 1 aliphatic rings. The second kappa shape index (κ2) is 5.96. The first-order valence-corrected chi connectivity index (χ1v) is 6.55. The zero-order valence-electron chi connectivity index (χ0n) is 10.8. The average Bonchev–Trinajstić information content (AvgIpc) is 2.38. The Labute approximate surface area is 108 Å². The number of hydrogen-bond donors (Lipinski definition) is 1. The molecule has 18 heavy (non-hydrogen) atoms. The van der Waals surface area contributed by atoms with Crippen LogP contribution in [0.25, 0.3) is 0 Å². The average molecular weight is 248 g/mol. The molecule has 1 saturated heterocycles. The molecule has 4 heteroatoms. The Hall–Kier alpha value is -1.42. The lowest BCUT2D eigenvalue weighted by atomic mass is 9.99. The monoisotopic (exact) mass is 248 g/mol. The molecule has 0 aliphatic carbocycles. The summed E-state index contributed by atoms with van der Waals surface area (Å²) in [6.45, 7) is 5.58. The van der Waals surface area contributed by atoms with Crippen molar-refractivity contribution in [2.24, 2.45) is 5.92 Å². The van der Waals surface area contributed by atoms with Crippen molar-refractivity contribution in [2.45, 2.75) is 26.2 Å². The van der Waals surface area contributed by atoms with Crippen molar-refractivity contribution in [3.63, 3.8) is 0 Å². The van der Waals surface area contributed by atoms with E-state index >= 15 is 0 Å². The number of carbonyl (C=O) groups is 1. The summed E-state index contributed by atoms with van der Waals surface area (Å²) < 4.78 is 0. The number of rotatable bonds is 4. The van der Waals surface area contributed by atoms with Crippen molar-refractivity contribution in [1.82, 2.24) is 9.88 Å². The molecule has 2 rings (SSSR count). The number of aromatic nitrogens is 1. The van der Waals surface area contributed by atoms with Gasteiger partial charge in [0.25, 0.3) is 0 Å². The van der Waals surface area contributed by atoms with E-state index < -0.39 is 5.97 Å². The molecular weight excluding hydrogens is 228 g/mol. The summed E-state index contributed by atoms with van der Waals surface area (Å²) >= 11 is 0. The lowest BCUT2D eigenvalue weighted by Crippen LogP contribution is -2.34. The number of carboxylic acids is 1. The molecule has 0 unspecified atom stereocenters. The van der Waals surface area contributed by atoms with Gasteiger partial charge in [-0.1, -0.05) is 6.92 Å². The van der Waals surface area contributed by atoms with E-state index in [1.807, 2.05) is 0 Å². The highest BCUT2D eigenvalue weighted by molar-refractivity contribution is 5.87. The van der Waals surface area contributed by atoms with Crippen molar-refractivity contribution < 1.29 is 9.90 Å². The molecular formula is C14H20N2O2. The largest absolute Gasteiger partial charge is 0.478 e. The summed E-state index contributed by atoms with van der Waals surface area (Å²) in [6.07, 6.45) is 4.94. The zero-order valence-corrected chi connectivity index (χ0v) is 10.8. The standard InChI is InChI=1S/C14H20N2O2/c1-11-3-7-16(8-4-11)9-5-13-10-12(14(17)18)2-6-15-13/h2,6,10-11H,3-5,7-9H2,1H3,(H,17,18). The van der Waals surface area contributed by atoms with Crippen LogP contribution in [-0.2, 0) is 6.42 Å². The number of aromatic carboxylic acids is 1. The van der Waals surface area contributed by atoms with Crippen molar-refractivity contribution >= 4 is 5.97 Å². The minimum Gasteiger partial charge on any atom is -0.478 e. The zero-order chi connectivity index (χ0) is 13.0. The van der Waals surface area contributed by atoms with Gasteiger partial charge >= 0.3 is 5.97 Å². The Morgan fingerprint density at radius 2 is 2.22 bits per heavy atom. The maximum Gasteiger partial charge on any atom is 0.335 e. The molecule has 1 aliphatic heterocycles. The maximum absolute atomic E-state index is 10.9. The predicted molar refractivity (Wildman–Crippen MR) is 69.7 cm³/mol. The van der Waals surface area contributed by atoms with E-state index in [4.69, 9.17) is 5.11 Å². The molecule has 0 spiro atoms. The number of piperidine rings is 1. The van der Waals surface area contributed by atoms with Crippen LogP contribution in [0.3, 0.4) is 0 Å². The molecule has 1 aromatic rings. The van der Waals surface area contributed by atoms with Gasteiger partial charge in [0.1, 0.15) is 0 Å². The third-order valence-corrected chi connectivity index (χ3v) is 3.62. The van der Waals surface area contributed by atoms with E-state index in [0.29, 0.717) is 5.56 Å².